The Bertz CT molecular complexity index is 1420. The third-order valence-electron chi connectivity index (χ3n) is 8.24. The highest BCUT2D eigenvalue weighted by Gasteiger charge is 2.40. The highest BCUT2D eigenvalue weighted by atomic mass is 16.2. The van der Waals surface area contributed by atoms with Crippen LogP contribution in [0.3, 0.4) is 0 Å². The minimum atomic E-state index is -1.09. The van der Waals surface area contributed by atoms with Crippen molar-refractivity contribution in [2.75, 3.05) is 13.1 Å². The number of para-hydroxylation sites is 1. The number of amides is 6. The molecule has 0 aliphatic carbocycles. The molecule has 6 amide bonds. The second-order valence-corrected chi connectivity index (χ2v) is 12.3. The van der Waals surface area contributed by atoms with Crippen molar-refractivity contribution in [1.29, 1.82) is 0 Å². The average Bonchev–Trinajstić information content (AvgIpc) is 3.63. The molecule has 1 aromatic carbocycles. The molecule has 5 atom stereocenters. The minimum absolute atomic E-state index is 0.110. The minimum Gasteiger partial charge on any atom is -0.361 e. The Morgan fingerprint density at radius 2 is 1.52 bits per heavy atom. The zero-order valence-corrected chi connectivity index (χ0v) is 25.9. The fourth-order valence-electron chi connectivity index (χ4n) is 5.70. The van der Waals surface area contributed by atoms with Crippen LogP contribution in [-0.2, 0) is 35.2 Å². The molecule has 0 unspecified atom stereocenters. The predicted molar refractivity (Wildman–Crippen MR) is 163 cm³/mol. The summed E-state index contributed by atoms with van der Waals surface area (Å²) in [5.41, 5.74) is 1.64. The van der Waals surface area contributed by atoms with Gasteiger partial charge in [-0.25, -0.2) is 0 Å². The van der Waals surface area contributed by atoms with Crippen LogP contribution in [0.25, 0.3) is 10.9 Å². The largest absolute Gasteiger partial charge is 0.361 e. The van der Waals surface area contributed by atoms with Crippen LogP contribution < -0.4 is 26.6 Å². The summed E-state index contributed by atoms with van der Waals surface area (Å²) in [4.78, 5) is 84.7. The molecule has 0 bridgehead atoms. The van der Waals surface area contributed by atoms with E-state index in [0.717, 1.165) is 16.5 Å². The van der Waals surface area contributed by atoms with Crippen LogP contribution in [0.15, 0.2) is 30.5 Å². The van der Waals surface area contributed by atoms with Gasteiger partial charge in [0.15, 0.2) is 0 Å². The molecule has 1 aromatic heterocycles. The number of rotatable bonds is 4. The van der Waals surface area contributed by atoms with Crippen molar-refractivity contribution in [3.05, 3.63) is 36.0 Å². The SMILES string of the molecule is CC(C)[C@@H]1NC(=O)[C@H]2CCCN2C(=O)[C@@H](C(C)C)NC(=O)CNC(=O)[C@H](C)NC(=O)[C@H](Cc2c[nH]c3ccccc23)NC1=O. The number of fused-ring (bicyclic) bond motifs is 2. The number of nitrogens with zero attached hydrogens (tertiary/aromatic N) is 1. The smallest absolute Gasteiger partial charge is 0.246 e. The standard InChI is InChI=1S/C31H43N7O6/c1-16(2)25-30(43)35-22(13-19-14-32-21-10-7-6-9-20(19)21)28(41)34-18(5)27(40)33-15-24(39)36-26(17(3)4)31(44)38-12-8-11-23(38)29(42)37-25/h6-7,9-10,14,16-18,22-23,25-26,32H,8,11-13,15H2,1-5H3,(H,33,40)(H,34,41)(H,35,43)(H,36,39)(H,37,42)/t18-,22-,23+,25-,26+/m0/s1. The maximum atomic E-state index is 13.7. The van der Waals surface area contributed by atoms with Gasteiger partial charge in [-0.15, -0.1) is 0 Å². The van der Waals surface area contributed by atoms with Gasteiger partial charge in [-0.1, -0.05) is 45.9 Å². The second kappa shape index (κ2) is 13.9. The number of aromatic amines is 1. The molecular weight excluding hydrogens is 566 g/mol. The number of aromatic nitrogens is 1. The quantitative estimate of drug-likeness (QED) is 0.286. The summed E-state index contributed by atoms with van der Waals surface area (Å²) in [5.74, 6) is -3.85. The summed E-state index contributed by atoms with van der Waals surface area (Å²) in [7, 11) is 0. The van der Waals surface area contributed by atoms with Gasteiger partial charge in [0.05, 0.1) is 6.54 Å². The topological polar surface area (TPSA) is 182 Å². The molecule has 13 heteroatoms. The lowest BCUT2D eigenvalue weighted by atomic mass is 9.99. The Morgan fingerprint density at radius 1 is 0.818 bits per heavy atom. The Kier molecular flexibility index (Phi) is 10.3. The molecule has 0 spiro atoms. The van der Waals surface area contributed by atoms with Crippen molar-refractivity contribution >= 4 is 46.3 Å². The van der Waals surface area contributed by atoms with Crippen LogP contribution in [0.1, 0.15) is 53.0 Å². The summed E-state index contributed by atoms with van der Waals surface area (Å²) in [5, 5.41) is 14.3. The highest BCUT2D eigenvalue weighted by Crippen LogP contribution is 2.22. The first kappa shape index (κ1) is 32.5. The Labute approximate surface area is 256 Å². The molecule has 13 nitrogen and oxygen atoms in total. The second-order valence-electron chi connectivity index (χ2n) is 12.3. The Hall–Kier alpha value is -4.42. The van der Waals surface area contributed by atoms with Crippen LogP contribution in [0, 0.1) is 11.8 Å². The molecule has 4 rings (SSSR count). The fraction of sp³-hybridized carbons (Fsp3) is 0.548. The van der Waals surface area contributed by atoms with Crippen LogP contribution in [0.2, 0.25) is 0 Å². The van der Waals surface area contributed by atoms with Crippen LogP contribution in [0.4, 0.5) is 0 Å². The Balaban J connectivity index is 1.66. The first-order valence-electron chi connectivity index (χ1n) is 15.2. The van der Waals surface area contributed by atoms with E-state index in [9.17, 15) is 28.8 Å². The summed E-state index contributed by atoms with van der Waals surface area (Å²) in [6, 6.07) is 2.68. The van der Waals surface area contributed by atoms with Gasteiger partial charge in [-0.3, -0.25) is 28.8 Å². The number of hydrogen-bond donors (Lipinski definition) is 6. The molecular formula is C31H43N7O6. The lowest BCUT2D eigenvalue weighted by Crippen LogP contribution is -2.61. The number of nitrogens with one attached hydrogen (secondary N) is 6. The lowest BCUT2D eigenvalue weighted by molar-refractivity contribution is -0.143. The number of H-pyrrole nitrogens is 1. The summed E-state index contributed by atoms with van der Waals surface area (Å²) >= 11 is 0. The number of benzene rings is 1. The van der Waals surface area contributed by atoms with Crippen molar-refractivity contribution in [3.8, 4) is 0 Å². The molecule has 238 valence electrons. The first-order chi connectivity index (χ1) is 20.9. The zero-order valence-electron chi connectivity index (χ0n) is 25.9. The van der Waals surface area contributed by atoms with Gasteiger partial charge in [-0.05, 0) is 43.2 Å². The average molecular weight is 610 g/mol. The van der Waals surface area contributed by atoms with Crippen molar-refractivity contribution in [2.24, 2.45) is 11.8 Å². The molecule has 2 aliphatic rings. The van der Waals surface area contributed by atoms with E-state index in [4.69, 9.17) is 0 Å². The number of hydrogen-bond acceptors (Lipinski definition) is 6. The molecule has 2 saturated heterocycles. The third kappa shape index (κ3) is 7.37. The first-order valence-corrected chi connectivity index (χ1v) is 15.2. The van der Waals surface area contributed by atoms with E-state index in [1.807, 2.05) is 24.3 Å². The molecule has 3 heterocycles. The molecule has 0 saturated carbocycles. The molecule has 2 aliphatic heterocycles. The maximum absolute atomic E-state index is 13.7. The highest BCUT2D eigenvalue weighted by molar-refractivity contribution is 5.98. The van der Waals surface area contributed by atoms with Crippen LogP contribution in [-0.4, -0.2) is 88.6 Å². The van der Waals surface area contributed by atoms with Gasteiger partial charge in [0.2, 0.25) is 35.4 Å². The van der Waals surface area contributed by atoms with Crippen molar-refractivity contribution < 1.29 is 28.8 Å². The number of carbonyl (C=O) groups excluding carboxylic acids is 6. The Morgan fingerprint density at radius 3 is 2.23 bits per heavy atom. The van der Waals surface area contributed by atoms with Gasteiger partial charge in [-0.2, -0.15) is 0 Å². The monoisotopic (exact) mass is 609 g/mol. The van der Waals surface area contributed by atoms with Crippen molar-refractivity contribution in [3.63, 3.8) is 0 Å². The molecule has 2 fully saturated rings. The van der Waals surface area contributed by atoms with Crippen molar-refractivity contribution in [2.45, 2.75) is 84.1 Å². The van der Waals surface area contributed by atoms with Crippen LogP contribution in [0.5, 0.6) is 0 Å². The molecule has 44 heavy (non-hydrogen) atoms. The van der Waals surface area contributed by atoms with E-state index in [0.29, 0.717) is 19.4 Å². The molecule has 0 radical (unpaired) electrons. The maximum Gasteiger partial charge on any atom is 0.246 e. The lowest BCUT2D eigenvalue weighted by Gasteiger charge is -2.32. The summed E-state index contributed by atoms with van der Waals surface area (Å²) < 4.78 is 0. The van der Waals surface area contributed by atoms with Gasteiger partial charge >= 0.3 is 0 Å². The fourth-order valence-corrected chi connectivity index (χ4v) is 5.70. The van der Waals surface area contributed by atoms with E-state index in [1.54, 1.807) is 33.9 Å². The van der Waals surface area contributed by atoms with Gasteiger partial charge in [0, 0.05) is 30.1 Å². The number of carbonyl (C=O) groups is 6. The van der Waals surface area contributed by atoms with E-state index >= 15 is 0 Å². The summed E-state index contributed by atoms with van der Waals surface area (Å²) in [6.45, 7) is 8.50. The van der Waals surface area contributed by atoms with E-state index in [1.165, 1.54) is 11.8 Å². The van der Waals surface area contributed by atoms with E-state index in [2.05, 4.69) is 31.6 Å². The molecule has 6 N–H and O–H groups in total. The zero-order chi connectivity index (χ0) is 32.1. The van der Waals surface area contributed by atoms with E-state index in [-0.39, 0.29) is 18.3 Å². The van der Waals surface area contributed by atoms with Gasteiger partial charge in [0.25, 0.3) is 0 Å². The molecule has 2 aromatic rings. The normalized spacial score (nSPS) is 26.4. The van der Waals surface area contributed by atoms with Gasteiger partial charge in [0.1, 0.15) is 30.2 Å². The third-order valence-corrected chi connectivity index (χ3v) is 8.24. The van der Waals surface area contributed by atoms with E-state index < -0.39 is 72.2 Å². The van der Waals surface area contributed by atoms with Gasteiger partial charge < -0.3 is 36.5 Å². The van der Waals surface area contributed by atoms with Crippen molar-refractivity contribution in [1.82, 2.24) is 36.5 Å². The van der Waals surface area contributed by atoms with Crippen LogP contribution >= 0.6 is 0 Å². The predicted octanol–water partition coefficient (Wildman–Crippen LogP) is 0.102. The summed E-state index contributed by atoms with van der Waals surface area (Å²) in [6.07, 6.45) is 2.87.